The molecule has 0 saturated carbocycles. The fourth-order valence-corrected chi connectivity index (χ4v) is 2.44. The molecule has 1 atom stereocenters. The molecule has 0 aliphatic carbocycles. The largest absolute Gasteiger partial charge is 0.389 e. The first-order valence-corrected chi connectivity index (χ1v) is 7.84. The molecule has 0 aromatic heterocycles. The summed E-state index contributed by atoms with van der Waals surface area (Å²) in [6.07, 6.45) is -0.663. The van der Waals surface area contributed by atoms with Crippen molar-refractivity contribution in [2.24, 2.45) is 0 Å². The second-order valence-corrected chi connectivity index (χ2v) is 5.97. The molecule has 1 amide bonds. The number of anilines is 1. The molecule has 0 aliphatic rings. The van der Waals surface area contributed by atoms with Crippen LogP contribution in [-0.2, 0) is 0 Å². The molecule has 1 unspecified atom stereocenters. The molecule has 0 saturated heterocycles. The molecule has 5 heteroatoms. The Morgan fingerprint density at radius 1 is 1.22 bits per heavy atom. The van der Waals surface area contributed by atoms with E-state index in [0.29, 0.717) is 17.1 Å². The Kier molecular flexibility index (Phi) is 6.02. The minimum absolute atomic E-state index is 0.170. The lowest BCUT2D eigenvalue weighted by Crippen LogP contribution is -2.39. The number of carbonyl (C=O) groups is 1. The molecule has 2 aromatic carbocycles. The van der Waals surface area contributed by atoms with E-state index in [1.54, 1.807) is 18.2 Å². The van der Waals surface area contributed by atoms with Crippen LogP contribution in [0.1, 0.15) is 15.9 Å². The summed E-state index contributed by atoms with van der Waals surface area (Å²) in [5.41, 5.74) is 2.50. The molecule has 2 N–H and O–H groups in total. The Morgan fingerprint density at radius 3 is 2.52 bits per heavy atom. The second-order valence-electron chi connectivity index (χ2n) is 5.54. The average molecular weight is 333 g/mol. The van der Waals surface area contributed by atoms with Crippen molar-refractivity contribution in [1.29, 1.82) is 0 Å². The Labute approximate surface area is 141 Å². The average Bonchev–Trinajstić information content (AvgIpc) is 2.53. The van der Waals surface area contributed by atoms with Gasteiger partial charge in [0.15, 0.2) is 0 Å². The molecule has 0 bridgehead atoms. The van der Waals surface area contributed by atoms with Crippen molar-refractivity contribution in [2.75, 3.05) is 25.0 Å². The van der Waals surface area contributed by atoms with Crippen molar-refractivity contribution in [2.45, 2.75) is 13.0 Å². The van der Waals surface area contributed by atoms with Gasteiger partial charge in [0.1, 0.15) is 0 Å². The molecule has 0 radical (unpaired) electrons. The van der Waals surface area contributed by atoms with Gasteiger partial charge in [-0.1, -0.05) is 29.8 Å². The molecule has 0 heterocycles. The van der Waals surface area contributed by atoms with Crippen molar-refractivity contribution in [1.82, 2.24) is 5.32 Å². The molecular weight excluding hydrogens is 312 g/mol. The van der Waals surface area contributed by atoms with E-state index in [-0.39, 0.29) is 12.5 Å². The van der Waals surface area contributed by atoms with Crippen LogP contribution in [0.4, 0.5) is 5.69 Å². The number of hydrogen-bond acceptors (Lipinski definition) is 3. The number of aryl methyl sites for hydroxylation is 1. The zero-order valence-electron chi connectivity index (χ0n) is 13.3. The van der Waals surface area contributed by atoms with E-state index in [9.17, 15) is 9.90 Å². The van der Waals surface area contributed by atoms with Gasteiger partial charge in [0, 0.05) is 36.4 Å². The molecule has 2 rings (SSSR count). The van der Waals surface area contributed by atoms with Crippen molar-refractivity contribution in [3.8, 4) is 0 Å². The lowest BCUT2D eigenvalue weighted by Gasteiger charge is -2.23. The third-order valence-electron chi connectivity index (χ3n) is 3.64. The van der Waals surface area contributed by atoms with E-state index in [2.05, 4.69) is 5.32 Å². The number of carbonyl (C=O) groups excluding carboxylic acids is 1. The standard InChI is InChI=1S/C18H21ClN2O2/c1-13-5-3-4-6-17(13)18(23)20-11-16(22)12-21(2)15-9-7-14(19)8-10-15/h3-10,16,22H,11-12H2,1-2H3,(H,20,23). The predicted molar refractivity (Wildman–Crippen MR) is 94.2 cm³/mol. The van der Waals surface area contributed by atoms with E-state index in [0.717, 1.165) is 11.3 Å². The first-order valence-electron chi connectivity index (χ1n) is 7.46. The Balaban J connectivity index is 1.85. The Hall–Kier alpha value is -2.04. The van der Waals surface area contributed by atoms with Gasteiger partial charge < -0.3 is 15.3 Å². The Bertz CT molecular complexity index is 658. The van der Waals surface area contributed by atoms with Gasteiger partial charge in [-0.25, -0.2) is 0 Å². The van der Waals surface area contributed by atoms with Gasteiger partial charge in [-0.05, 0) is 42.8 Å². The van der Waals surface area contributed by atoms with E-state index in [1.807, 2.05) is 49.2 Å². The van der Waals surface area contributed by atoms with E-state index < -0.39 is 6.10 Å². The van der Waals surface area contributed by atoms with Gasteiger partial charge in [0.2, 0.25) is 0 Å². The smallest absolute Gasteiger partial charge is 0.251 e. The van der Waals surface area contributed by atoms with Gasteiger partial charge in [-0.2, -0.15) is 0 Å². The number of aliphatic hydroxyl groups excluding tert-OH is 1. The van der Waals surface area contributed by atoms with E-state index >= 15 is 0 Å². The highest BCUT2D eigenvalue weighted by Gasteiger charge is 2.12. The van der Waals surface area contributed by atoms with Crippen molar-refractivity contribution < 1.29 is 9.90 Å². The Morgan fingerprint density at radius 2 is 1.87 bits per heavy atom. The van der Waals surface area contributed by atoms with Crippen LogP contribution in [0.5, 0.6) is 0 Å². The van der Waals surface area contributed by atoms with Crippen LogP contribution in [0, 0.1) is 6.92 Å². The number of likely N-dealkylation sites (N-methyl/N-ethyl adjacent to an activating group) is 1. The quantitative estimate of drug-likeness (QED) is 0.855. The molecule has 0 aliphatic heterocycles. The summed E-state index contributed by atoms with van der Waals surface area (Å²) in [5.74, 6) is -0.170. The fraction of sp³-hybridized carbons (Fsp3) is 0.278. The molecular formula is C18H21ClN2O2. The third kappa shape index (κ3) is 4.98. The number of halogens is 1. The van der Waals surface area contributed by atoms with Crippen LogP contribution in [-0.4, -0.2) is 37.3 Å². The molecule has 2 aromatic rings. The number of amides is 1. The van der Waals surface area contributed by atoms with Crippen LogP contribution in [0.2, 0.25) is 5.02 Å². The first kappa shape index (κ1) is 17.3. The number of benzene rings is 2. The highest BCUT2D eigenvalue weighted by molar-refractivity contribution is 6.30. The highest BCUT2D eigenvalue weighted by atomic mass is 35.5. The van der Waals surface area contributed by atoms with Crippen molar-refractivity contribution >= 4 is 23.2 Å². The second kappa shape index (κ2) is 7.99. The topological polar surface area (TPSA) is 52.6 Å². The zero-order valence-corrected chi connectivity index (χ0v) is 14.0. The van der Waals surface area contributed by atoms with E-state index in [4.69, 9.17) is 11.6 Å². The van der Waals surface area contributed by atoms with E-state index in [1.165, 1.54) is 0 Å². The molecule has 0 spiro atoms. The molecule has 0 fully saturated rings. The van der Waals surface area contributed by atoms with Crippen LogP contribution >= 0.6 is 11.6 Å². The summed E-state index contributed by atoms with van der Waals surface area (Å²) in [6.45, 7) is 2.50. The number of rotatable bonds is 6. The SMILES string of the molecule is Cc1ccccc1C(=O)NCC(O)CN(C)c1ccc(Cl)cc1. The van der Waals surface area contributed by atoms with Gasteiger partial charge in [-0.15, -0.1) is 0 Å². The number of nitrogens with zero attached hydrogens (tertiary/aromatic N) is 1. The lowest BCUT2D eigenvalue weighted by atomic mass is 10.1. The molecule has 122 valence electrons. The van der Waals surface area contributed by atoms with Gasteiger partial charge >= 0.3 is 0 Å². The number of hydrogen-bond donors (Lipinski definition) is 2. The zero-order chi connectivity index (χ0) is 16.8. The lowest BCUT2D eigenvalue weighted by molar-refractivity contribution is 0.0919. The minimum atomic E-state index is -0.663. The summed E-state index contributed by atoms with van der Waals surface area (Å²) in [6, 6.07) is 14.8. The number of nitrogens with one attached hydrogen (secondary N) is 1. The fourth-order valence-electron chi connectivity index (χ4n) is 2.32. The van der Waals surface area contributed by atoms with Crippen LogP contribution in [0.3, 0.4) is 0 Å². The minimum Gasteiger partial charge on any atom is -0.389 e. The molecule has 4 nitrogen and oxygen atoms in total. The highest BCUT2D eigenvalue weighted by Crippen LogP contribution is 2.16. The van der Waals surface area contributed by atoms with Crippen molar-refractivity contribution in [3.05, 3.63) is 64.7 Å². The maximum Gasteiger partial charge on any atom is 0.251 e. The summed E-state index contributed by atoms with van der Waals surface area (Å²) >= 11 is 5.86. The predicted octanol–water partition coefficient (Wildman–Crippen LogP) is 2.88. The number of aliphatic hydroxyl groups is 1. The summed E-state index contributed by atoms with van der Waals surface area (Å²) < 4.78 is 0. The summed E-state index contributed by atoms with van der Waals surface area (Å²) in [5, 5.41) is 13.6. The van der Waals surface area contributed by atoms with Crippen LogP contribution in [0.25, 0.3) is 0 Å². The third-order valence-corrected chi connectivity index (χ3v) is 3.89. The van der Waals surface area contributed by atoms with Crippen LogP contribution < -0.4 is 10.2 Å². The monoisotopic (exact) mass is 332 g/mol. The molecule has 23 heavy (non-hydrogen) atoms. The maximum atomic E-state index is 12.1. The van der Waals surface area contributed by atoms with Gasteiger partial charge in [-0.3, -0.25) is 4.79 Å². The first-order chi connectivity index (χ1) is 11.0. The maximum absolute atomic E-state index is 12.1. The normalized spacial score (nSPS) is 11.8. The van der Waals surface area contributed by atoms with Gasteiger partial charge in [0.05, 0.1) is 6.10 Å². The summed E-state index contributed by atoms with van der Waals surface area (Å²) in [4.78, 5) is 14.0. The van der Waals surface area contributed by atoms with Gasteiger partial charge in [0.25, 0.3) is 5.91 Å². The van der Waals surface area contributed by atoms with Crippen LogP contribution in [0.15, 0.2) is 48.5 Å². The van der Waals surface area contributed by atoms with Crippen molar-refractivity contribution in [3.63, 3.8) is 0 Å². The summed E-state index contributed by atoms with van der Waals surface area (Å²) in [7, 11) is 1.88.